The van der Waals surface area contributed by atoms with Crippen LogP contribution < -0.4 is 19.1 Å². The van der Waals surface area contributed by atoms with Crippen LogP contribution in [0.15, 0.2) is 71.6 Å². The number of nitrogens with one attached hydrogen (secondary N) is 1. The van der Waals surface area contributed by atoms with E-state index < -0.39 is 28.5 Å². The second-order valence-corrected chi connectivity index (χ2v) is 11.6. The minimum absolute atomic E-state index is 0.0653. The molecule has 0 radical (unpaired) electrons. The van der Waals surface area contributed by atoms with E-state index in [1.54, 1.807) is 24.3 Å². The minimum atomic E-state index is -4.25. The lowest BCUT2D eigenvalue weighted by molar-refractivity contribution is -0.140. The van der Waals surface area contributed by atoms with Crippen LogP contribution in [0.25, 0.3) is 0 Å². The summed E-state index contributed by atoms with van der Waals surface area (Å²) in [4.78, 5) is 28.5. The quantitative estimate of drug-likeness (QED) is 0.320. The second-order valence-electron chi connectivity index (χ2n) is 9.69. The fourth-order valence-corrected chi connectivity index (χ4v) is 5.99. The third kappa shape index (κ3) is 7.58. The van der Waals surface area contributed by atoms with E-state index in [9.17, 15) is 18.0 Å². The van der Waals surface area contributed by atoms with Crippen molar-refractivity contribution in [3.8, 4) is 11.5 Å². The largest absolute Gasteiger partial charge is 0.493 e. The van der Waals surface area contributed by atoms with Crippen molar-refractivity contribution < 1.29 is 27.5 Å². The number of ether oxygens (including phenoxy) is 2. The number of methoxy groups -OCH3 is 2. The van der Waals surface area contributed by atoms with Crippen molar-refractivity contribution in [2.75, 3.05) is 31.6 Å². The zero-order valence-corrected chi connectivity index (χ0v) is 25.3. The highest BCUT2D eigenvalue weighted by Gasteiger charge is 2.34. The molecule has 0 aliphatic rings. The summed E-state index contributed by atoms with van der Waals surface area (Å²) in [5.74, 6) is -0.177. The molecule has 10 heteroatoms. The molecule has 220 valence electrons. The molecule has 0 unspecified atom stereocenters. The number of hydrogen-bond acceptors (Lipinski definition) is 6. The van der Waals surface area contributed by atoms with Crippen molar-refractivity contribution in [1.29, 1.82) is 0 Å². The number of likely N-dealkylation sites (N-methyl/N-ethyl adjacent to an activating group) is 1. The van der Waals surface area contributed by atoms with Gasteiger partial charge in [0.15, 0.2) is 11.5 Å². The Bertz CT molecular complexity index is 1460. The molecular weight excluding hydrogens is 542 g/mol. The first kappa shape index (κ1) is 31.5. The number of benzene rings is 3. The Morgan fingerprint density at radius 3 is 2.15 bits per heavy atom. The second kappa shape index (κ2) is 14.0. The van der Waals surface area contributed by atoms with Gasteiger partial charge in [-0.15, -0.1) is 0 Å². The van der Waals surface area contributed by atoms with Crippen molar-refractivity contribution in [1.82, 2.24) is 10.2 Å². The summed E-state index contributed by atoms with van der Waals surface area (Å²) in [7, 11) is -1.36. The van der Waals surface area contributed by atoms with Gasteiger partial charge in [-0.25, -0.2) is 8.42 Å². The molecule has 0 saturated carbocycles. The predicted octanol–water partition coefficient (Wildman–Crippen LogP) is 4.46. The molecule has 3 rings (SSSR count). The van der Waals surface area contributed by atoms with Crippen LogP contribution in [0, 0.1) is 13.8 Å². The van der Waals surface area contributed by atoms with Gasteiger partial charge in [-0.3, -0.25) is 13.9 Å². The number of amides is 2. The van der Waals surface area contributed by atoms with Gasteiger partial charge in [0.2, 0.25) is 11.8 Å². The Balaban J connectivity index is 2.09. The molecule has 1 N–H and O–H groups in total. The van der Waals surface area contributed by atoms with Crippen LogP contribution >= 0.6 is 0 Å². The Kier molecular flexibility index (Phi) is 10.8. The SMILES string of the molecule is CCNC(=O)[C@H](CC)N(Cc1cccc(C)c1)C(=O)CN(c1ccc(C)cc1)S(=O)(=O)c1ccc(OC)c(OC)c1. The van der Waals surface area contributed by atoms with Crippen LogP contribution in [0.4, 0.5) is 5.69 Å². The first-order valence-electron chi connectivity index (χ1n) is 13.5. The van der Waals surface area contributed by atoms with E-state index in [1.165, 1.54) is 37.3 Å². The molecule has 3 aromatic carbocycles. The van der Waals surface area contributed by atoms with Crippen LogP contribution in [0.2, 0.25) is 0 Å². The standard InChI is InChI=1S/C31H39N3O6S/c1-7-27(31(36)32-8-2)33(20-24-11-9-10-23(4)18-24)30(35)21-34(25-14-12-22(3)13-15-25)41(37,38)26-16-17-28(39-5)29(19-26)40-6/h9-19,27H,7-8,20-21H2,1-6H3,(H,32,36)/t27-/m0/s1. The molecule has 0 heterocycles. The van der Waals surface area contributed by atoms with Gasteiger partial charge in [-0.2, -0.15) is 0 Å². The lowest BCUT2D eigenvalue weighted by Crippen LogP contribution is -2.52. The highest BCUT2D eigenvalue weighted by atomic mass is 32.2. The number of anilines is 1. The lowest BCUT2D eigenvalue weighted by Gasteiger charge is -2.33. The minimum Gasteiger partial charge on any atom is -0.493 e. The smallest absolute Gasteiger partial charge is 0.264 e. The molecule has 0 spiro atoms. The Labute approximate surface area is 243 Å². The molecule has 0 saturated heterocycles. The molecule has 0 fully saturated rings. The van der Waals surface area contributed by atoms with Crippen LogP contribution in [0.5, 0.6) is 11.5 Å². The van der Waals surface area contributed by atoms with Crippen molar-refractivity contribution >= 4 is 27.5 Å². The zero-order chi connectivity index (χ0) is 30.2. The Hall–Kier alpha value is -4.05. The predicted molar refractivity (Wildman–Crippen MR) is 160 cm³/mol. The first-order valence-corrected chi connectivity index (χ1v) is 14.9. The Morgan fingerprint density at radius 1 is 0.878 bits per heavy atom. The van der Waals surface area contributed by atoms with Gasteiger partial charge >= 0.3 is 0 Å². The van der Waals surface area contributed by atoms with Crippen LogP contribution in [0.1, 0.15) is 37.0 Å². The molecule has 2 amide bonds. The van der Waals surface area contributed by atoms with Gasteiger partial charge in [0, 0.05) is 19.2 Å². The number of carbonyl (C=O) groups excluding carboxylic acids is 2. The van der Waals surface area contributed by atoms with Crippen molar-refractivity contribution in [3.63, 3.8) is 0 Å². The van der Waals surface area contributed by atoms with Gasteiger partial charge < -0.3 is 19.7 Å². The fourth-order valence-electron chi connectivity index (χ4n) is 4.56. The maximum Gasteiger partial charge on any atom is 0.264 e. The molecular formula is C31H39N3O6S. The summed E-state index contributed by atoms with van der Waals surface area (Å²) in [5, 5.41) is 2.81. The van der Waals surface area contributed by atoms with Gasteiger partial charge in [-0.05, 0) is 57.0 Å². The lowest BCUT2D eigenvalue weighted by atomic mass is 10.1. The molecule has 0 aliphatic heterocycles. The van der Waals surface area contributed by atoms with E-state index in [4.69, 9.17) is 9.47 Å². The van der Waals surface area contributed by atoms with Gasteiger partial charge in [0.25, 0.3) is 10.0 Å². The van der Waals surface area contributed by atoms with Crippen molar-refractivity contribution in [3.05, 3.63) is 83.4 Å². The molecule has 0 aromatic heterocycles. The van der Waals surface area contributed by atoms with E-state index in [-0.39, 0.29) is 23.1 Å². The van der Waals surface area contributed by atoms with E-state index in [1.807, 2.05) is 52.0 Å². The van der Waals surface area contributed by atoms with E-state index >= 15 is 0 Å². The van der Waals surface area contributed by atoms with E-state index in [0.717, 1.165) is 21.0 Å². The highest BCUT2D eigenvalue weighted by molar-refractivity contribution is 7.92. The fraction of sp³-hybridized carbons (Fsp3) is 0.355. The normalized spacial score (nSPS) is 11.9. The van der Waals surface area contributed by atoms with Crippen LogP contribution in [0.3, 0.4) is 0 Å². The number of hydrogen-bond donors (Lipinski definition) is 1. The van der Waals surface area contributed by atoms with Crippen molar-refractivity contribution in [2.45, 2.75) is 51.6 Å². The van der Waals surface area contributed by atoms with Crippen LogP contribution in [-0.4, -0.2) is 58.5 Å². The summed E-state index contributed by atoms with van der Waals surface area (Å²) in [6.07, 6.45) is 0.357. The topological polar surface area (TPSA) is 105 Å². The number of nitrogens with zero attached hydrogens (tertiary/aromatic N) is 2. The first-order chi connectivity index (χ1) is 19.5. The molecule has 9 nitrogen and oxygen atoms in total. The highest BCUT2D eigenvalue weighted by Crippen LogP contribution is 2.32. The van der Waals surface area contributed by atoms with E-state index in [2.05, 4.69) is 5.32 Å². The summed E-state index contributed by atoms with van der Waals surface area (Å²) in [5.41, 5.74) is 3.11. The third-order valence-electron chi connectivity index (χ3n) is 6.72. The maximum atomic E-state index is 14.1. The summed E-state index contributed by atoms with van der Waals surface area (Å²) in [6, 6.07) is 18.1. The summed E-state index contributed by atoms with van der Waals surface area (Å²) >= 11 is 0. The van der Waals surface area contributed by atoms with Crippen LogP contribution in [-0.2, 0) is 26.2 Å². The van der Waals surface area contributed by atoms with Gasteiger partial charge in [0.05, 0.1) is 24.8 Å². The number of carbonyl (C=O) groups is 2. The number of sulfonamides is 1. The van der Waals surface area contributed by atoms with E-state index in [0.29, 0.717) is 24.4 Å². The van der Waals surface area contributed by atoms with Gasteiger partial charge in [0.1, 0.15) is 12.6 Å². The number of aryl methyl sites for hydroxylation is 2. The monoisotopic (exact) mass is 581 g/mol. The summed E-state index contributed by atoms with van der Waals surface area (Å²) < 4.78 is 39.9. The molecule has 1 atom stereocenters. The zero-order valence-electron chi connectivity index (χ0n) is 24.5. The Morgan fingerprint density at radius 2 is 1.56 bits per heavy atom. The maximum absolute atomic E-state index is 14.1. The van der Waals surface area contributed by atoms with Gasteiger partial charge in [-0.1, -0.05) is 54.4 Å². The number of rotatable bonds is 13. The molecule has 41 heavy (non-hydrogen) atoms. The summed E-state index contributed by atoms with van der Waals surface area (Å²) in [6.45, 7) is 7.52. The third-order valence-corrected chi connectivity index (χ3v) is 8.49. The molecule has 0 bridgehead atoms. The van der Waals surface area contributed by atoms with Crippen molar-refractivity contribution in [2.24, 2.45) is 0 Å². The average molecular weight is 582 g/mol. The molecule has 0 aliphatic carbocycles. The molecule has 3 aromatic rings. The average Bonchev–Trinajstić information content (AvgIpc) is 2.96.